The van der Waals surface area contributed by atoms with E-state index in [9.17, 15) is 0 Å². The predicted octanol–water partition coefficient (Wildman–Crippen LogP) is 4.65. The number of hydrogen-bond donors (Lipinski definition) is 1. The highest BCUT2D eigenvalue weighted by atomic mass is 15.1. The molecule has 1 N–H and O–H groups in total. The van der Waals surface area contributed by atoms with E-state index >= 15 is 0 Å². The Hall–Kier alpha value is -1.35. The monoisotopic (exact) mass is 315 g/mol. The van der Waals surface area contributed by atoms with Crippen LogP contribution in [0.5, 0.6) is 0 Å². The van der Waals surface area contributed by atoms with Crippen molar-refractivity contribution in [1.82, 2.24) is 14.9 Å². The minimum atomic E-state index is 0.249. The quantitative estimate of drug-likeness (QED) is 0.786. The highest BCUT2D eigenvalue weighted by Gasteiger charge is 2.18. The molecule has 0 spiro atoms. The molecule has 0 unspecified atom stereocenters. The van der Waals surface area contributed by atoms with Crippen LogP contribution in [0.4, 0.5) is 0 Å². The Bertz CT molecular complexity index is 626. The smallest absolute Gasteiger partial charge is 0.110 e. The van der Waals surface area contributed by atoms with Crippen LogP contribution in [-0.4, -0.2) is 22.6 Å². The fourth-order valence-electron chi connectivity index (χ4n) is 2.76. The third-order valence-electron chi connectivity index (χ3n) is 3.99. The van der Waals surface area contributed by atoms with E-state index in [4.69, 9.17) is 4.98 Å². The molecule has 0 aliphatic rings. The van der Waals surface area contributed by atoms with Gasteiger partial charge < -0.3 is 9.88 Å². The van der Waals surface area contributed by atoms with E-state index in [1.807, 2.05) is 0 Å². The number of aromatic nitrogens is 2. The molecule has 0 amide bonds. The van der Waals surface area contributed by atoms with Gasteiger partial charge in [0, 0.05) is 19.5 Å². The minimum Gasteiger partial charge on any atom is -0.327 e. The van der Waals surface area contributed by atoms with Crippen molar-refractivity contribution in [2.45, 2.75) is 60.9 Å². The lowest BCUT2D eigenvalue weighted by atomic mass is 9.92. The molecule has 0 saturated carbocycles. The van der Waals surface area contributed by atoms with Crippen molar-refractivity contribution in [2.24, 2.45) is 10.8 Å². The number of nitrogens with one attached hydrogen (secondary N) is 1. The number of benzene rings is 1. The first-order valence-electron chi connectivity index (χ1n) is 8.81. The van der Waals surface area contributed by atoms with Gasteiger partial charge >= 0.3 is 0 Å². The van der Waals surface area contributed by atoms with Crippen molar-refractivity contribution in [3.63, 3.8) is 0 Å². The summed E-state index contributed by atoms with van der Waals surface area (Å²) < 4.78 is 2.39. The zero-order valence-electron chi connectivity index (χ0n) is 15.7. The van der Waals surface area contributed by atoms with Gasteiger partial charge in [-0.05, 0) is 35.9 Å². The Morgan fingerprint density at radius 3 is 2.30 bits per heavy atom. The molecule has 1 heterocycles. The molecule has 3 nitrogen and oxygen atoms in total. The molecule has 0 fully saturated rings. The molecule has 0 atom stereocenters. The van der Waals surface area contributed by atoms with E-state index in [1.165, 1.54) is 17.8 Å². The number of para-hydroxylation sites is 2. The van der Waals surface area contributed by atoms with Crippen molar-refractivity contribution >= 4 is 11.0 Å². The van der Waals surface area contributed by atoms with Gasteiger partial charge in [-0.15, -0.1) is 0 Å². The second-order valence-corrected chi connectivity index (χ2v) is 8.97. The number of hydrogen-bond acceptors (Lipinski definition) is 2. The number of nitrogens with zero attached hydrogens (tertiary/aromatic N) is 2. The van der Waals surface area contributed by atoms with Crippen LogP contribution in [0.3, 0.4) is 0 Å². The SMILES string of the molecule is CC(C)(C)CCNCCn1c(CC(C)(C)C)nc2ccccc21. The molecular weight excluding hydrogens is 282 g/mol. The maximum Gasteiger partial charge on any atom is 0.110 e. The van der Waals surface area contributed by atoms with Crippen LogP contribution in [0.25, 0.3) is 11.0 Å². The third kappa shape index (κ3) is 5.65. The number of fused-ring (bicyclic) bond motifs is 1. The molecule has 3 heteroatoms. The van der Waals surface area contributed by atoms with Crippen LogP contribution in [0.2, 0.25) is 0 Å². The molecule has 128 valence electrons. The first-order chi connectivity index (χ1) is 10.7. The number of imidazole rings is 1. The Labute approximate surface area is 141 Å². The van der Waals surface area contributed by atoms with Crippen molar-refractivity contribution in [3.8, 4) is 0 Å². The summed E-state index contributed by atoms with van der Waals surface area (Å²) in [5.41, 5.74) is 3.01. The van der Waals surface area contributed by atoms with Gasteiger partial charge in [-0.3, -0.25) is 0 Å². The van der Waals surface area contributed by atoms with Gasteiger partial charge in [-0.1, -0.05) is 53.7 Å². The average Bonchev–Trinajstić information content (AvgIpc) is 2.73. The van der Waals surface area contributed by atoms with Gasteiger partial charge in [-0.25, -0.2) is 4.98 Å². The van der Waals surface area contributed by atoms with Crippen molar-refractivity contribution in [2.75, 3.05) is 13.1 Å². The first-order valence-corrected chi connectivity index (χ1v) is 8.81. The van der Waals surface area contributed by atoms with Gasteiger partial charge in [0.1, 0.15) is 5.82 Å². The molecule has 0 radical (unpaired) electrons. The lowest BCUT2D eigenvalue weighted by Gasteiger charge is -2.20. The zero-order valence-corrected chi connectivity index (χ0v) is 15.7. The fourth-order valence-corrected chi connectivity index (χ4v) is 2.76. The van der Waals surface area contributed by atoms with Gasteiger partial charge in [0.2, 0.25) is 0 Å². The van der Waals surface area contributed by atoms with Crippen LogP contribution < -0.4 is 5.32 Å². The Morgan fingerprint density at radius 2 is 1.65 bits per heavy atom. The van der Waals surface area contributed by atoms with Crippen LogP contribution in [0.1, 0.15) is 53.8 Å². The fraction of sp³-hybridized carbons (Fsp3) is 0.650. The summed E-state index contributed by atoms with van der Waals surface area (Å²) >= 11 is 0. The van der Waals surface area contributed by atoms with Gasteiger partial charge in [0.25, 0.3) is 0 Å². The van der Waals surface area contributed by atoms with E-state index in [2.05, 4.69) is 75.7 Å². The third-order valence-corrected chi connectivity index (χ3v) is 3.99. The molecule has 23 heavy (non-hydrogen) atoms. The highest BCUT2D eigenvalue weighted by molar-refractivity contribution is 5.75. The topological polar surface area (TPSA) is 29.9 Å². The van der Waals surface area contributed by atoms with E-state index in [0.717, 1.165) is 31.6 Å². The summed E-state index contributed by atoms with van der Waals surface area (Å²) in [7, 11) is 0. The average molecular weight is 316 g/mol. The zero-order chi connectivity index (χ0) is 17.1. The van der Waals surface area contributed by atoms with Crippen molar-refractivity contribution < 1.29 is 0 Å². The van der Waals surface area contributed by atoms with Crippen LogP contribution in [-0.2, 0) is 13.0 Å². The molecule has 0 bridgehead atoms. The lowest BCUT2D eigenvalue weighted by Crippen LogP contribution is -2.25. The summed E-state index contributed by atoms with van der Waals surface area (Å²) in [5.74, 6) is 1.20. The molecular formula is C20H33N3. The Balaban J connectivity index is 2.07. The predicted molar refractivity (Wildman–Crippen MR) is 99.8 cm³/mol. The van der Waals surface area contributed by atoms with E-state index in [1.54, 1.807) is 0 Å². The Morgan fingerprint density at radius 1 is 0.957 bits per heavy atom. The molecule has 0 saturated heterocycles. The summed E-state index contributed by atoms with van der Waals surface area (Å²) in [6.45, 7) is 16.8. The van der Waals surface area contributed by atoms with Crippen molar-refractivity contribution in [1.29, 1.82) is 0 Å². The summed E-state index contributed by atoms with van der Waals surface area (Å²) in [5, 5.41) is 3.59. The van der Waals surface area contributed by atoms with Gasteiger partial charge in [0.05, 0.1) is 11.0 Å². The molecule has 1 aromatic carbocycles. The van der Waals surface area contributed by atoms with E-state index in [0.29, 0.717) is 5.41 Å². The summed E-state index contributed by atoms with van der Waals surface area (Å²) in [4.78, 5) is 4.87. The largest absolute Gasteiger partial charge is 0.327 e. The summed E-state index contributed by atoms with van der Waals surface area (Å²) in [6.07, 6.45) is 2.20. The number of rotatable bonds is 6. The maximum atomic E-state index is 4.87. The molecule has 0 aliphatic carbocycles. The standard InChI is InChI=1S/C20H33N3/c1-19(2,3)11-12-21-13-14-23-17-10-8-7-9-16(17)22-18(23)15-20(4,5)6/h7-10,21H,11-15H2,1-6H3. The van der Waals surface area contributed by atoms with Crippen LogP contribution >= 0.6 is 0 Å². The Kier molecular flexibility index (Phi) is 5.51. The second-order valence-electron chi connectivity index (χ2n) is 8.97. The first kappa shape index (κ1) is 18.0. The van der Waals surface area contributed by atoms with Gasteiger partial charge in [-0.2, -0.15) is 0 Å². The molecule has 2 aromatic rings. The van der Waals surface area contributed by atoms with Crippen LogP contribution in [0.15, 0.2) is 24.3 Å². The van der Waals surface area contributed by atoms with E-state index < -0.39 is 0 Å². The molecule has 0 aliphatic heterocycles. The minimum absolute atomic E-state index is 0.249. The maximum absolute atomic E-state index is 4.87. The molecule has 2 rings (SSSR count). The lowest BCUT2D eigenvalue weighted by molar-refractivity contribution is 0.363. The normalized spacial score (nSPS) is 13.0. The molecule has 1 aromatic heterocycles. The van der Waals surface area contributed by atoms with Crippen LogP contribution in [0, 0.1) is 10.8 Å². The highest BCUT2D eigenvalue weighted by Crippen LogP contribution is 2.24. The second kappa shape index (κ2) is 7.04. The summed E-state index contributed by atoms with van der Waals surface area (Å²) in [6, 6.07) is 8.48. The van der Waals surface area contributed by atoms with Gasteiger partial charge in [0.15, 0.2) is 0 Å². The van der Waals surface area contributed by atoms with E-state index in [-0.39, 0.29) is 5.41 Å². The van der Waals surface area contributed by atoms with Crippen molar-refractivity contribution in [3.05, 3.63) is 30.1 Å².